The van der Waals surface area contributed by atoms with Gasteiger partial charge in [0.15, 0.2) is 0 Å². The zero-order valence-electron chi connectivity index (χ0n) is 25.2. The van der Waals surface area contributed by atoms with Crippen LogP contribution in [-0.2, 0) is 5.41 Å². The Labute approximate surface area is 251 Å². The largest absolute Gasteiger partial charge is 0.344 e. The summed E-state index contributed by atoms with van der Waals surface area (Å²) in [6.45, 7) is 10.00. The van der Waals surface area contributed by atoms with Crippen molar-refractivity contribution in [2.24, 2.45) is 0 Å². The van der Waals surface area contributed by atoms with Crippen molar-refractivity contribution < 1.29 is 0 Å². The van der Waals surface area contributed by atoms with Gasteiger partial charge >= 0.3 is 0 Å². The first-order chi connectivity index (χ1) is 20.7. The summed E-state index contributed by atoms with van der Waals surface area (Å²) in [7, 11) is 0. The molecule has 0 spiro atoms. The molecule has 0 saturated heterocycles. The van der Waals surface area contributed by atoms with Crippen LogP contribution in [0, 0.1) is 0 Å². The van der Waals surface area contributed by atoms with E-state index in [1.165, 1.54) is 0 Å². The van der Waals surface area contributed by atoms with Crippen molar-refractivity contribution in [1.82, 2.24) is 0 Å². The van der Waals surface area contributed by atoms with Crippen LogP contribution in [0.3, 0.4) is 0 Å². The van der Waals surface area contributed by atoms with Crippen molar-refractivity contribution >= 4 is 29.6 Å². The number of hydrogen-bond donors (Lipinski definition) is 0. The monoisotopic (exact) mass is 572 g/mol. The highest BCUT2D eigenvalue weighted by Crippen LogP contribution is 2.48. The van der Waals surface area contributed by atoms with Gasteiger partial charge in [-0.25, -0.2) is 0 Å². The molecule has 218 valence electrons. The first kappa shape index (κ1) is 28.5. The highest BCUT2D eigenvalue weighted by atomic mass is 16.2. The molecule has 0 saturated carbocycles. The van der Waals surface area contributed by atoms with Crippen molar-refractivity contribution in [1.29, 1.82) is 0 Å². The molecule has 0 unspecified atom stereocenters. The second kappa shape index (κ2) is 10.9. The molecule has 6 rings (SSSR count). The van der Waals surface area contributed by atoms with Gasteiger partial charge in [-0.1, -0.05) is 83.0 Å². The van der Waals surface area contributed by atoms with Gasteiger partial charge < -0.3 is 9.80 Å². The minimum atomic E-state index is -0.712. The standard InChI is InChI=1S/C37H36N2O4/c1-5-7-19-38-24(18-17-23-13-9-11-15-28(23)38)21-25-31(35(42)33(25)40)32-26(34(41)36(32)43)22-30-37(3,4)27-14-10-12-16-29(27)39(30)20-8-6-2/h9-18,21-22H,5-8,19-20H2,1-4H3/b24-21+,30-22-. The van der Waals surface area contributed by atoms with Crippen LogP contribution in [-0.4, -0.2) is 13.1 Å². The number of rotatable bonds is 9. The maximum Gasteiger partial charge on any atom is 0.235 e. The van der Waals surface area contributed by atoms with E-state index >= 15 is 0 Å². The second-order valence-corrected chi connectivity index (χ2v) is 12.0. The maximum atomic E-state index is 13.1. The third-order valence-corrected chi connectivity index (χ3v) is 8.96. The lowest BCUT2D eigenvalue weighted by Gasteiger charge is -2.31. The number of unbranched alkanes of at least 4 members (excludes halogenated alkanes) is 2. The SMILES string of the molecule is CCCCN1/C(=C\c2c(-c3c(/C=C4\C=Cc5ccccc5N4CCCC)c(=O)c3=O)c(=O)c2=O)C(C)(C)c2ccccc21. The molecule has 4 aromatic carbocycles. The molecule has 2 aliphatic rings. The number of allylic oxidation sites excluding steroid dienone is 2. The Morgan fingerprint density at radius 3 is 1.86 bits per heavy atom. The van der Waals surface area contributed by atoms with Gasteiger partial charge in [0.2, 0.25) is 21.7 Å². The van der Waals surface area contributed by atoms with E-state index in [9.17, 15) is 19.2 Å². The predicted molar refractivity (Wildman–Crippen MR) is 177 cm³/mol. The lowest BCUT2D eigenvalue weighted by atomic mass is 9.81. The molecule has 0 bridgehead atoms. The van der Waals surface area contributed by atoms with E-state index < -0.39 is 27.1 Å². The highest BCUT2D eigenvalue weighted by molar-refractivity contribution is 5.90. The zero-order valence-corrected chi connectivity index (χ0v) is 25.2. The molecule has 0 aromatic heterocycles. The molecule has 0 fully saturated rings. The number of para-hydroxylation sites is 2. The molecule has 4 aromatic rings. The van der Waals surface area contributed by atoms with Gasteiger partial charge in [0, 0.05) is 63.5 Å². The molecule has 0 radical (unpaired) electrons. The number of hydrogen-bond acceptors (Lipinski definition) is 6. The molecule has 6 heteroatoms. The fraction of sp³-hybridized carbons (Fsp3) is 0.297. The first-order valence-corrected chi connectivity index (χ1v) is 15.2. The molecule has 43 heavy (non-hydrogen) atoms. The van der Waals surface area contributed by atoms with Crippen LogP contribution in [0.15, 0.2) is 85.2 Å². The van der Waals surface area contributed by atoms with Crippen LogP contribution in [0.2, 0.25) is 0 Å². The quantitative estimate of drug-likeness (QED) is 0.224. The summed E-state index contributed by atoms with van der Waals surface area (Å²) in [5, 5.41) is 0. The smallest absolute Gasteiger partial charge is 0.235 e. The van der Waals surface area contributed by atoms with Crippen molar-refractivity contribution in [2.75, 3.05) is 22.9 Å². The third-order valence-electron chi connectivity index (χ3n) is 8.96. The van der Waals surface area contributed by atoms with Gasteiger partial charge in [0.25, 0.3) is 0 Å². The van der Waals surface area contributed by atoms with Crippen LogP contribution >= 0.6 is 0 Å². The minimum Gasteiger partial charge on any atom is -0.344 e. The molecule has 0 amide bonds. The average molecular weight is 573 g/mol. The van der Waals surface area contributed by atoms with Gasteiger partial charge in [-0.3, -0.25) is 19.2 Å². The summed E-state index contributed by atoms with van der Waals surface area (Å²) >= 11 is 0. The fourth-order valence-corrected chi connectivity index (χ4v) is 6.50. The Bertz CT molecular complexity index is 1970. The molecule has 0 aliphatic carbocycles. The second-order valence-electron chi connectivity index (χ2n) is 12.0. The number of benzene rings is 2. The Balaban J connectivity index is 1.46. The molecule has 6 nitrogen and oxygen atoms in total. The van der Waals surface area contributed by atoms with Gasteiger partial charge in [-0.15, -0.1) is 0 Å². The first-order valence-electron chi connectivity index (χ1n) is 15.2. The Morgan fingerprint density at radius 2 is 1.21 bits per heavy atom. The van der Waals surface area contributed by atoms with Crippen LogP contribution in [0.5, 0.6) is 0 Å². The van der Waals surface area contributed by atoms with Crippen molar-refractivity contribution in [3.63, 3.8) is 0 Å². The molecular weight excluding hydrogens is 536 g/mol. The van der Waals surface area contributed by atoms with Crippen LogP contribution < -0.4 is 31.5 Å². The summed E-state index contributed by atoms with van der Waals surface area (Å²) in [4.78, 5) is 56.6. The topological polar surface area (TPSA) is 74.8 Å². The number of anilines is 2. The van der Waals surface area contributed by atoms with Gasteiger partial charge in [0.05, 0.1) is 0 Å². The summed E-state index contributed by atoms with van der Waals surface area (Å²) < 4.78 is 0. The summed E-state index contributed by atoms with van der Waals surface area (Å²) in [5.41, 5.74) is 3.46. The Hall–Kier alpha value is -4.58. The van der Waals surface area contributed by atoms with Crippen LogP contribution in [0.1, 0.15) is 75.6 Å². The third kappa shape index (κ3) is 4.48. The zero-order chi connectivity index (χ0) is 30.5. The summed E-state index contributed by atoms with van der Waals surface area (Å²) in [6, 6.07) is 16.2. The van der Waals surface area contributed by atoms with E-state index in [1.54, 1.807) is 12.2 Å². The average Bonchev–Trinajstić information content (AvgIpc) is 3.24. The van der Waals surface area contributed by atoms with Crippen molar-refractivity contribution in [3.8, 4) is 11.1 Å². The number of fused-ring (bicyclic) bond motifs is 2. The molecule has 0 N–H and O–H groups in total. The maximum absolute atomic E-state index is 13.1. The lowest BCUT2D eigenvalue weighted by molar-refractivity contribution is 0.629. The van der Waals surface area contributed by atoms with E-state index in [2.05, 4.69) is 49.6 Å². The predicted octanol–water partition coefficient (Wildman–Crippen LogP) is 6.16. The Morgan fingerprint density at radius 1 is 0.651 bits per heavy atom. The molecule has 2 aliphatic heterocycles. The Kier molecular flexibility index (Phi) is 7.25. The molecular formula is C37H36N2O4. The van der Waals surface area contributed by atoms with E-state index in [0.29, 0.717) is 0 Å². The van der Waals surface area contributed by atoms with Gasteiger partial charge in [-0.05, 0) is 54.3 Å². The van der Waals surface area contributed by atoms with Crippen LogP contribution in [0.4, 0.5) is 11.4 Å². The molecule has 2 heterocycles. The lowest BCUT2D eigenvalue weighted by Crippen LogP contribution is -2.44. The summed E-state index contributed by atoms with van der Waals surface area (Å²) in [5.74, 6) is 0. The normalized spacial score (nSPS) is 17.4. The van der Waals surface area contributed by atoms with Gasteiger partial charge in [0.1, 0.15) is 0 Å². The van der Waals surface area contributed by atoms with E-state index in [-0.39, 0.29) is 22.3 Å². The fourth-order valence-electron chi connectivity index (χ4n) is 6.50. The van der Waals surface area contributed by atoms with Crippen molar-refractivity contribution in [2.45, 2.75) is 58.8 Å². The van der Waals surface area contributed by atoms with E-state index in [4.69, 9.17) is 0 Å². The van der Waals surface area contributed by atoms with Gasteiger partial charge in [-0.2, -0.15) is 0 Å². The van der Waals surface area contributed by atoms with Crippen LogP contribution in [0.25, 0.3) is 29.4 Å². The highest BCUT2D eigenvalue weighted by Gasteiger charge is 2.41. The summed E-state index contributed by atoms with van der Waals surface area (Å²) in [6.07, 6.45) is 11.3. The minimum absolute atomic E-state index is 0.0603. The van der Waals surface area contributed by atoms with Crippen molar-refractivity contribution in [3.05, 3.63) is 129 Å². The number of nitrogens with zero attached hydrogens (tertiary/aromatic N) is 2. The van der Waals surface area contributed by atoms with E-state index in [0.717, 1.165) is 72.7 Å². The molecule has 0 atom stereocenters. The van der Waals surface area contributed by atoms with E-state index in [1.807, 2.05) is 48.6 Å².